The summed E-state index contributed by atoms with van der Waals surface area (Å²) in [4.78, 5) is 34.0. The molecule has 3 aromatic carbocycles. The SMILES string of the molecule is O=Nc1c(-c2ccccc2)[nH]n(-c2nc3ccccc3nc2-c2ccccc2)c1=O. The second-order valence-electron chi connectivity index (χ2n) is 6.68. The van der Waals surface area contributed by atoms with Crippen molar-refractivity contribution < 1.29 is 0 Å². The van der Waals surface area contributed by atoms with Crippen LogP contribution in [0.25, 0.3) is 39.4 Å². The number of benzene rings is 3. The highest BCUT2D eigenvalue weighted by Gasteiger charge is 2.21. The Morgan fingerprint density at radius 1 is 0.733 bits per heavy atom. The quantitative estimate of drug-likeness (QED) is 0.442. The standard InChI is InChI=1S/C23H15N5O2/c29-23-21(27-30)19(15-9-3-1-4-10-15)26-28(23)22-20(16-11-5-2-6-12-16)24-17-13-7-8-14-18(17)25-22/h1-14,26H. The summed E-state index contributed by atoms with van der Waals surface area (Å²) in [6.45, 7) is 0. The third-order valence-electron chi connectivity index (χ3n) is 4.83. The fraction of sp³-hybridized carbons (Fsp3) is 0. The first-order valence-corrected chi connectivity index (χ1v) is 9.32. The smallest absolute Gasteiger partial charge is 0.286 e. The molecule has 0 aliphatic rings. The van der Waals surface area contributed by atoms with E-state index in [1.54, 1.807) is 12.1 Å². The Morgan fingerprint density at radius 2 is 1.30 bits per heavy atom. The minimum atomic E-state index is -0.578. The van der Waals surface area contributed by atoms with Gasteiger partial charge in [0.25, 0.3) is 0 Å². The number of rotatable bonds is 4. The van der Waals surface area contributed by atoms with E-state index in [1.807, 2.05) is 72.8 Å². The Labute approximate surface area is 170 Å². The van der Waals surface area contributed by atoms with Gasteiger partial charge in [0.05, 0.1) is 16.7 Å². The monoisotopic (exact) mass is 393 g/mol. The lowest BCUT2D eigenvalue weighted by Gasteiger charge is -2.10. The minimum Gasteiger partial charge on any atom is -0.286 e. The van der Waals surface area contributed by atoms with Gasteiger partial charge in [0.2, 0.25) is 0 Å². The molecule has 2 aromatic heterocycles. The van der Waals surface area contributed by atoms with Crippen LogP contribution < -0.4 is 5.56 Å². The zero-order chi connectivity index (χ0) is 20.5. The average Bonchev–Trinajstić information content (AvgIpc) is 3.15. The number of hydrogen-bond acceptors (Lipinski definition) is 5. The number of fused-ring (bicyclic) bond motifs is 1. The number of nitrogens with one attached hydrogen (secondary N) is 1. The molecular weight excluding hydrogens is 378 g/mol. The molecule has 7 nitrogen and oxygen atoms in total. The number of para-hydroxylation sites is 2. The van der Waals surface area contributed by atoms with E-state index in [0.717, 1.165) is 5.56 Å². The van der Waals surface area contributed by atoms with Gasteiger partial charge in [-0.05, 0) is 17.3 Å². The second kappa shape index (κ2) is 7.21. The van der Waals surface area contributed by atoms with Gasteiger partial charge in [-0.1, -0.05) is 72.8 Å². The van der Waals surface area contributed by atoms with Crippen molar-refractivity contribution in [2.75, 3.05) is 0 Å². The molecule has 144 valence electrons. The fourth-order valence-corrected chi connectivity index (χ4v) is 3.40. The van der Waals surface area contributed by atoms with E-state index < -0.39 is 5.56 Å². The molecule has 7 heteroatoms. The summed E-state index contributed by atoms with van der Waals surface area (Å²) in [5.41, 5.74) is 2.90. The Balaban J connectivity index is 1.83. The maximum atomic E-state index is 13.1. The molecule has 0 saturated heterocycles. The minimum absolute atomic E-state index is 0.199. The summed E-state index contributed by atoms with van der Waals surface area (Å²) in [7, 11) is 0. The van der Waals surface area contributed by atoms with Crippen molar-refractivity contribution in [3.05, 3.63) is 100 Å². The maximum Gasteiger partial charge on any atom is 0.302 e. The lowest BCUT2D eigenvalue weighted by Crippen LogP contribution is -2.17. The number of aromatic nitrogens is 4. The van der Waals surface area contributed by atoms with Gasteiger partial charge < -0.3 is 0 Å². The first kappa shape index (κ1) is 17.7. The van der Waals surface area contributed by atoms with Crippen LogP contribution in [-0.4, -0.2) is 19.7 Å². The lowest BCUT2D eigenvalue weighted by atomic mass is 10.1. The van der Waals surface area contributed by atoms with E-state index in [2.05, 4.69) is 10.3 Å². The summed E-state index contributed by atoms with van der Waals surface area (Å²) < 4.78 is 1.24. The van der Waals surface area contributed by atoms with Gasteiger partial charge in [0.1, 0.15) is 5.69 Å². The van der Waals surface area contributed by atoms with Gasteiger partial charge in [0, 0.05) is 11.1 Å². The van der Waals surface area contributed by atoms with Crippen LogP contribution in [0.15, 0.2) is 94.9 Å². The molecule has 0 aliphatic heterocycles. The van der Waals surface area contributed by atoms with Gasteiger partial charge in [-0.3, -0.25) is 9.89 Å². The molecule has 2 heterocycles. The van der Waals surface area contributed by atoms with Crippen molar-refractivity contribution in [2.24, 2.45) is 5.18 Å². The molecular formula is C23H15N5O2. The van der Waals surface area contributed by atoms with E-state index in [1.165, 1.54) is 4.68 Å². The number of aromatic amines is 1. The second-order valence-corrected chi connectivity index (χ2v) is 6.68. The fourth-order valence-electron chi connectivity index (χ4n) is 3.40. The summed E-state index contributed by atoms with van der Waals surface area (Å²) >= 11 is 0. The van der Waals surface area contributed by atoms with Crippen molar-refractivity contribution in [3.8, 4) is 28.3 Å². The number of nitroso groups, excluding NO2 is 1. The molecule has 0 unspecified atom stereocenters. The number of H-pyrrole nitrogens is 1. The topological polar surface area (TPSA) is 93.0 Å². The first-order chi connectivity index (χ1) is 14.8. The zero-order valence-corrected chi connectivity index (χ0v) is 15.7. The highest BCUT2D eigenvalue weighted by atomic mass is 16.3. The molecule has 30 heavy (non-hydrogen) atoms. The Morgan fingerprint density at radius 3 is 1.93 bits per heavy atom. The van der Waals surface area contributed by atoms with Crippen LogP contribution in [0.3, 0.4) is 0 Å². The Kier molecular flexibility index (Phi) is 4.25. The van der Waals surface area contributed by atoms with E-state index in [0.29, 0.717) is 33.8 Å². The highest BCUT2D eigenvalue weighted by Crippen LogP contribution is 2.29. The van der Waals surface area contributed by atoms with Gasteiger partial charge in [-0.15, -0.1) is 4.91 Å². The van der Waals surface area contributed by atoms with Crippen LogP contribution in [0.2, 0.25) is 0 Å². The van der Waals surface area contributed by atoms with Crippen molar-refractivity contribution in [1.82, 2.24) is 19.7 Å². The van der Waals surface area contributed by atoms with E-state index in [-0.39, 0.29) is 5.69 Å². The molecule has 5 rings (SSSR count). The van der Waals surface area contributed by atoms with E-state index >= 15 is 0 Å². The van der Waals surface area contributed by atoms with Crippen LogP contribution in [-0.2, 0) is 0 Å². The summed E-state index contributed by atoms with van der Waals surface area (Å²) in [6.07, 6.45) is 0. The molecule has 1 N–H and O–H groups in total. The van der Waals surface area contributed by atoms with E-state index in [4.69, 9.17) is 9.97 Å². The van der Waals surface area contributed by atoms with Crippen molar-refractivity contribution in [1.29, 1.82) is 0 Å². The molecule has 5 aromatic rings. The number of nitrogens with zero attached hydrogens (tertiary/aromatic N) is 4. The third kappa shape index (κ3) is 2.89. The molecule has 0 saturated carbocycles. The lowest BCUT2D eigenvalue weighted by molar-refractivity contribution is 0.823. The molecule has 0 aliphatic carbocycles. The predicted octanol–water partition coefficient (Wildman–Crippen LogP) is 4.84. The normalized spacial score (nSPS) is 10.9. The molecule has 0 spiro atoms. The van der Waals surface area contributed by atoms with Crippen LogP contribution in [0.5, 0.6) is 0 Å². The van der Waals surface area contributed by atoms with Crippen LogP contribution in [0, 0.1) is 4.91 Å². The Bertz CT molecular complexity index is 1420. The van der Waals surface area contributed by atoms with Gasteiger partial charge in [0.15, 0.2) is 11.5 Å². The summed E-state index contributed by atoms with van der Waals surface area (Å²) in [5, 5.41) is 6.01. The highest BCUT2D eigenvalue weighted by molar-refractivity contribution is 5.81. The molecule has 0 fully saturated rings. The van der Waals surface area contributed by atoms with Crippen LogP contribution in [0.1, 0.15) is 0 Å². The van der Waals surface area contributed by atoms with Crippen molar-refractivity contribution in [3.63, 3.8) is 0 Å². The summed E-state index contributed by atoms with van der Waals surface area (Å²) in [6, 6.07) is 26.0. The molecule has 0 amide bonds. The van der Waals surface area contributed by atoms with Crippen molar-refractivity contribution >= 4 is 16.7 Å². The van der Waals surface area contributed by atoms with E-state index in [9.17, 15) is 9.70 Å². The largest absolute Gasteiger partial charge is 0.302 e. The molecule has 0 bridgehead atoms. The first-order valence-electron chi connectivity index (χ1n) is 9.32. The van der Waals surface area contributed by atoms with Crippen LogP contribution in [0.4, 0.5) is 5.69 Å². The van der Waals surface area contributed by atoms with Gasteiger partial charge in [-0.2, -0.15) is 4.68 Å². The predicted molar refractivity (Wildman–Crippen MR) is 116 cm³/mol. The average molecular weight is 393 g/mol. The molecule has 0 atom stereocenters. The third-order valence-corrected chi connectivity index (χ3v) is 4.83. The molecule has 0 radical (unpaired) electrons. The van der Waals surface area contributed by atoms with Crippen LogP contribution >= 0.6 is 0 Å². The summed E-state index contributed by atoms with van der Waals surface area (Å²) in [5.74, 6) is 0.303. The zero-order valence-electron chi connectivity index (χ0n) is 15.7. The Hall–Kier alpha value is -4.39. The maximum absolute atomic E-state index is 13.1. The van der Waals surface area contributed by atoms with Gasteiger partial charge >= 0.3 is 5.56 Å². The van der Waals surface area contributed by atoms with Gasteiger partial charge in [-0.25, -0.2) is 9.97 Å². The van der Waals surface area contributed by atoms with Crippen molar-refractivity contribution in [2.45, 2.75) is 0 Å². The number of hydrogen-bond donors (Lipinski definition) is 1.